The Bertz CT molecular complexity index is 295. The van der Waals surface area contributed by atoms with Gasteiger partial charge in [0.25, 0.3) is 0 Å². The van der Waals surface area contributed by atoms with Gasteiger partial charge in [-0.2, -0.15) is 0 Å². The highest BCUT2D eigenvalue weighted by Gasteiger charge is 2.19. The predicted octanol–water partition coefficient (Wildman–Crippen LogP) is -1.34. The second-order valence-corrected chi connectivity index (χ2v) is 4.51. The Kier molecular flexibility index (Phi) is 6.38. The average Bonchev–Trinajstić information content (AvgIpc) is 2.37. The lowest BCUT2D eigenvalue weighted by atomic mass is 10.2. The van der Waals surface area contributed by atoms with Gasteiger partial charge in [0.1, 0.15) is 0 Å². The summed E-state index contributed by atoms with van der Waals surface area (Å²) in [4.78, 5) is 27.0. The molecule has 2 amide bonds. The van der Waals surface area contributed by atoms with Crippen molar-refractivity contribution < 1.29 is 9.59 Å². The Balaban J connectivity index is 0.00000162. The highest BCUT2D eigenvalue weighted by molar-refractivity contribution is 5.85. The number of halogens is 1. The van der Waals surface area contributed by atoms with Gasteiger partial charge in [-0.05, 0) is 0 Å². The van der Waals surface area contributed by atoms with Crippen LogP contribution in [0, 0.1) is 0 Å². The van der Waals surface area contributed by atoms with E-state index >= 15 is 0 Å². The minimum absolute atomic E-state index is 0. The van der Waals surface area contributed by atoms with Crippen molar-refractivity contribution in [1.29, 1.82) is 0 Å². The van der Waals surface area contributed by atoms with Gasteiger partial charge in [-0.1, -0.05) is 0 Å². The fraction of sp³-hybridized carbons (Fsp3) is 0.818. The lowest BCUT2D eigenvalue weighted by Gasteiger charge is -2.30. The van der Waals surface area contributed by atoms with Crippen molar-refractivity contribution in [3.63, 3.8) is 0 Å². The summed E-state index contributed by atoms with van der Waals surface area (Å²) in [6.07, 6.45) is 0.521. The van der Waals surface area contributed by atoms with E-state index in [1.165, 1.54) is 0 Å². The zero-order valence-corrected chi connectivity index (χ0v) is 11.3. The Morgan fingerprint density at radius 3 is 2.56 bits per heavy atom. The van der Waals surface area contributed by atoms with Gasteiger partial charge in [0.05, 0.1) is 6.54 Å². The third kappa shape index (κ3) is 4.44. The topological polar surface area (TPSA) is 64.7 Å². The van der Waals surface area contributed by atoms with Crippen molar-refractivity contribution in [2.75, 3.05) is 52.4 Å². The quantitative estimate of drug-likeness (QED) is 0.670. The van der Waals surface area contributed by atoms with Crippen LogP contribution in [0.4, 0.5) is 0 Å². The van der Waals surface area contributed by atoms with Crippen molar-refractivity contribution in [1.82, 2.24) is 20.4 Å². The summed E-state index contributed by atoms with van der Waals surface area (Å²) in [6.45, 7) is 6.04. The zero-order valence-electron chi connectivity index (χ0n) is 10.5. The molecule has 7 heteroatoms. The van der Waals surface area contributed by atoms with Crippen LogP contribution in [0.5, 0.6) is 0 Å². The molecule has 0 aromatic heterocycles. The van der Waals surface area contributed by atoms with Crippen molar-refractivity contribution in [2.45, 2.75) is 6.42 Å². The molecule has 0 atom stereocenters. The monoisotopic (exact) mass is 276 g/mol. The summed E-state index contributed by atoms with van der Waals surface area (Å²) < 4.78 is 0. The molecule has 2 heterocycles. The molecule has 0 radical (unpaired) electrons. The van der Waals surface area contributed by atoms with Gasteiger partial charge in [-0.15, -0.1) is 12.4 Å². The molecular formula is C11H21ClN4O2. The first kappa shape index (κ1) is 15.2. The first-order valence-electron chi connectivity index (χ1n) is 6.23. The summed E-state index contributed by atoms with van der Waals surface area (Å²) in [5.74, 6) is 0.267. The molecule has 0 aromatic rings. The van der Waals surface area contributed by atoms with Crippen molar-refractivity contribution in [3.8, 4) is 0 Å². The highest BCUT2D eigenvalue weighted by atomic mass is 35.5. The molecule has 2 aliphatic heterocycles. The SMILES string of the molecule is Cl.O=C1CN(CCC(=O)N2CCNCC2)CCN1. The van der Waals surface area contributed by atoms with E-state index in [4.69, 9.17) is 0 Å². The number of rotatable bonds is 3. The Hall–Kier alpha value is -0.850. The maximum absolute atomic E-state index is 11.9. The Morgan fingerprint density at radius 2 is 1.89 bits per heavy atom. The molecule has 104 valence electrons. The Morgan fingerprint density at radius 1 is 1.17 bits per heavy atom. The van der Waals surface area contributed by atoms with E-state index in [1.54, 1.807) is 0 Å². The zero-order chi connectivity index (χ0) is 12.1. The van der Waals surface area contributed by atoms with Crippen molar-refractivity contribution >= 4 is 24.2 Å². The summed E-state index contributed by atoms with van der Waals surface area (Å²) in [5, 5.41) is 6.00. The maximum Gasteiger partial charge on any atom is 0.234 e. The number of amides is 2. The molecular weight excluding hydrogens is 256 g/mol. The standard InChI is InChI=1S/C11H20N4O2.ClH/c16-10-9-14(6-4-13-10)5-1-11(17)15-7-2-12-3-8-15;/h12H,1-9H2,(H,13,16);1H. The second-order valence-electron chi connectivity index (χ2n) is 4.51. The molecule has 0 unspecified atom stereocenters. The summed E-state index contributed by atoms with van der Waals surface area (Å²) in [7, 11) is 0. The normalized spacial score (nSPS) is 21.1. The Labute approximate surface area is 113 Å². The van der Waals surface area contributed by atoms with Crippen LogP contribution >= 0.6 is 12.4 Å². The molecule has 0 aliphatic carbocycles. The maximum atomic E-state index is 11.9. The summed E-state index contributed by atoms with van der Waals surface area (Å²) in [5.41, 5.74) is 0. The summed E-state index contributed by atoms with van der Waals surface area (Å²) >= 11 is 0. The molecule has 6 nitrogen and oxygen atoms in total. The van der Waals surface area contributed by atoms with Crippen LogP contribution < -0.4 is 10.6 Å². The lowest BCUT2D eigenvalue weighted by molar-refractivity contribution is -0.133. The van der Waals surface area contributed by atoms with Crippen LogP contribution in [0.2, 0.25) is 0 Å². The van der Waals surface area contributed by atoms with E-state index in [2.05, 4.69) is 10.6 Å². The average molecular weight is 277 g/mol. The second kappa shape index (κ2) is 7.56. The van der Waals surface area contributed by atoms with Gasteiger partial charge in [0.2, 0.25) is 11.8 Å². The molecule has 2 N–H and O–H groups in total. The fourth-order valence-corrected chi connectivity index (χ4v) is 2.21. The minimum atomic E-state index is 0. The highest BCUT2D eigenvalue weighted by Crippen LogP contribution is 2.00. The van der Waals surface area contributed by atoms with Crippen molar-refractivity contribution in [3.05, 3.63) is 0 Å². The van der Waals surface area contributed by atoms with Gasteiger partial charge in [-0.3, -0.25) is 14.5 Å². The molecule has 0 spiro atoms. The van der Waals surface area contributed by atoms with Gasteiger partial charge in [0.15, 0.2) is 0 Å². The number of carbonyl (C=O) groups is 2. The van der Waals surface area contributed by atoms with E-state index in [0.717, 1.165) is 32.7 Å². The molecule has 18 heavy (non-hydrogen) atoms. The van der Waals surface area contributed by atoms with Crippen LogP contribution in [-0.2, 0) is 9.59 Å². The molecule has 2 rings (SSSR count). The van der Waals surface area contributed by atoms with Gasteiger partial charge < -0.3 is 15.5 Å². The van der Waals surface area contributed by atoms with Crippen LogP contribution in [-0.4, -0.2) is 74.0 Å². The fourth-order valence-electron chi connectivity index (χ4n) is 2.21. The van der Waals surface area contributed by atoms with E-state index in [-0.39, 0.29) is 24.2 Å². The summed E-state index contributed by atoms with van der Waals surface area (Å²) in [6, 6.07) is 0. The number of nitrogens with one attached hydrogen (secondary N) is 2. The number of hydrogen-bond acceptors (Lipinski definition) is 4. The van der Waals surface area contributed by atoms with E-state index in [1.807, 2.05) is 9.80 Å². The molecule has 0 aromatic carbocycles. The van der Waals surface area contributed by atoms with E-state index in [0.29, 0.717) is 26.1 Å². The molecule has 2 saturated heterocycles. The third-order valence-electron chi connectivity index (χ3n) is 3.23. The number of nitrogens with zero attached hydrogens (tertiary/aromatic N) is 2. The number of carbonyl (C=O) groups excluding carboxylic acids is 2. The molecule has 0 bridgehead atoms. The predicted molar refractivity (Wildman–Crippen MR) is 70.8 cm³/mol. The van der Waals surface area contributed by atoms with Gasteiger partial charge in [-0.25, -0.2) is 0 Å². The van der Waals surface area contributed by atoms with Crippen LogP contribution in [0.3, 0.4) is 0 Å². The number of piperazine rings is 2. The smallest absolute Gasteiger partial charge is 0.234 e. The van der Waals surface area contributed by atoms with Crippen LogP contribution in [0.1, 0.15) is 6.42 Å². The third-order valence-corrected chi connectivity index (χ3v) is 3.23. The first-order chi connectivity index (χ1) is 8.25. The first-order valence-corrected chi connectivity index (χ1v) is 6.23. The van der Waals surface area contributed by atoms with Gasteiger partial charge in [0, 0.05) is 52.2 Å². The minimum Gasteiger partial charge on any atom is -0.354 e. The van der Waals surface area contributed by atoms with Crippen LogP contribution in [0.15, 0.2) is 0 Å². The van der Waals surface area contributed by atoms with Crippen molar-refractivity contribution in [2.24, 2.45) is 0 Å². The van der Waals surface area contributed by atoms with Crippen LogP contribution in [0.25, 0.3) is 0 Å². The lowest BCUT2D eigenvalue weighted by Crippen LogP contribution is -2.50. The number of hydrogen-bond donors (Lipinski definition) is 2. The van der Waals surface area contributed by atoms with E-state index in [9.17, 15) is 9.59 Å². The van der Waals surface area contributed by atoms with Gasteiger partial charge >= 0.3 is 0 Å². The molecule has 0 saturated carbocycles. The van der Waals surface area contributed by atoms with E-state index < -0.39 is 0 Å². The molecule has 2 aliphatic rings. The molecule has 2 fully saturated rings. The largest absolute Gasteiger partial charge is 0.354 e.